The predicted molar refractivity (Wildman–Crippen MR) is 292 cm³/mol. The van der Waals surface area contributed by atoms with Gasteiger partial charge < -0.3 is 9.13 Å². The van der Waals surface area contributed by atoms with Gasteiger partial charge in [-0.3, -0.25) is 0 Å². The Kier molecular flexibility index (Phi) is 8.29. The number of rotatable bonds is 5. The average molecular weight is 890 g/mol. The minimum Gasteiger partial charge on any atom is -0.309 e. The first-order chi connectivity index (χ1) is 34.7. The first-order valence-corrected chi connectivity index (χ1v) is 23.9. The first-order valence-electron chi connectivity index (χ1n) is 23.9. The SMILES string of the molecule is c1ccc(-c2nc(-c3ccc4cccc(-n5c6ccccc6c6c(-n7c8ccccc8c8ccc9ccccc9c87)c7ccccc7cc65)c4c3)nc(-c3cc4ccccc4c4ccccc34)n2)cc1. The Balaban J connectivity index is 1.01. The van der Waals surface area contributed by atoms with Gasteiger partial charge in [0.1, 0.15) is 0 Å². The van der Waals surface area contributed by atoms with Crippen LogP contribution in [0.4, 0.5) is 0 Å². The fraction of sp³-hybridized carbons (Fsp3) is 0. The fourth-order valence-corrected chi connectivity index (χ4v) is 11.4. The molecule has 3 heterocycles. The van der Waals surface area contributed by atoms with Crippen LogP contribution in [-0.2, 0) is 0 Å². The third-order valence-corrected chi connectivity index (χ3v) is 14.5. The molecule has 0 aliphatic carbocycles. The monoisotopic (exact) mass is 889 g/mol. The van der Waals surface area contributed by atoms with E-state index < -0.39 is 0 Å². The summed E-state index contributed by atoms with van der Waals surface area (Å²) in [4.78, 5) is 15.8. The molecule has 0 aliphatic rings. The molecule has 0 saturated carbocycles. The van der Waals surface area contributed by atoms with Gasteiger partial charge in [0.15, 0.2) is 17.5 Å². The summed E-state index contributed by atoms with van der Waals surface area (Å²) >= 11 is 0. The fourth-order valence-electron chi connectivity index (χ4n) is 11.4. The maximum absolute atomic E-state index is 5.37. The van der Waals surface area contributed by atoms with Crippen LogP contribution in [0, 0.1) is 0 Å². The van der Waals surface area contributed by atoms with Gasteiger partial charge in [0.05, 0.1) is 33.4 Å². The second-order valence-electron chi connectivity index (χ2n) is 18.3. The summed E-state index contributed by atoms with van der Waals surface area (Å²) in [5, 5.41) is 16.5. The molecule has 0 radical (unpaired) electrons. The molecule has 3 aromatic heterocycles. The van der Waals surface area contributed by atoms with E-state index in [1.807, 2.05) is 18.2 Å². The molecule has 12 aromatic carbocycles. The van der Waals surface area contributed by atoms with Gasteiger partial charge in [-0.05, 0) is 74.1 Å². The summed E-state index contributed by atoms with van der Waals surface area (Å²) in [6, 6.07) is 85.3. The summed E-state index contributed by atoms with van der Waals surface area (Å²) in [5.74, 6) is 1.89. The molecule has 5 nitrogen and oxygen atoms in total. The number of para-hydroxylation sites is 2. The van der Waals surface area contributed by atoms with Crippen molar-refractivity contribution in [3.05, 3.63) is 237 Å². The van der Waals surface area contributed by atoms with E-state index in [1.165, 1.54) is 70.6 Å². The second-order valence-corrected chi connectivity index (χ2v) is 18.3. The number of hydrogen-bond acceptors (Lipinski definition) is 3. The maximum Gasteiger partial charge on any atom is 0.164 e. The Hall–Kier alpha value is -9.45. The molecule has 0 atom stereocenters. The molecule has 0 saturated heterocycles. The van der Waals surface area contributed by atoms with Crippen molar-refractivity contribution < 1.29 is 0 Å². The normalized spacial score (nSPS) is 12.0. The molecule has 0 bridgehead atoms. The molecule has 0 spiro atoms. The standard InChI is InChI=1S/C65H39N5/c1-2-18-42(19-3-1)63-66-64(68-65(67-63)55-37-43-20-5-7-23-46(43)49-26-10-11-27-50(49)55)45-34-33-41-22-16-32-58(54(41)38-45)69-57-31-15-13-29-53(57)60-59(69)39-44-21-6-9-25-48(44)62(60)70-56-30-14-12-28-51(56)52-36-35-40-17-4-8-24-47(40)61(52)70/h1-39H. The van der Waals surface area contributed by atoms with E-state index in [0.29, 0.717) is 17.5 Å². The van der Waals surface area contributed by atoms with Crippen LogP contribution in [0.3, 0.4) is 0 Å². The molecule has 0 unspecified atom stereocenters. The molecular formula is C65H39N5. The highest BCUT2D eigenvalue weighted by Crippen LogP contribution is 2.46. The van der Waals surface area contributed by atoms with Gasteiger partial charge in [0.2, 0.25) is 0 Å². The van der Waals surface area contributed by atoms with Crippen molar-refractivity contribution in [1.82, 2.24) is 24.1 Å². The molecule has 0 aliphatic heterocycles. The number of benzene rings is 12. The zero-order valence-electron chi connectivity index (χ0n) is 37.8. The van der Waals surface area contributed by atoms with Crippen LogP contribution in [0.5, 0.6) is 0 Å². The smallest absolute Gasteiger partial charge is 0.164 e. The highest BCUT2D eigenvalue weighted by Gasteiger charge is 2.24. The summed E-state index contributed by atoms with van der Waals surface area (Å²) < 4.78 is 5.03. The van der Waals surface area contributed by atoms with Crippen LogP contribution in [0.2, 0.25) is 0 Å². The first kappa shape index (κ1) is 38.6. The van der Waals surface area contributed by atoms with Crippen molar-refractivity contribution in [3.8, 4) is 45.5 Å². The second kappa shape index (κ2) is 15.0. The summed E-state index contributed by atoms with van der Waals surface area (Å²) in [5.41, 5.74) is 9.75. The average Bonchev–Trinajstić information content (AvgIpc) is 3.94. The van der Waals surface area contributed by atoms with Crippen LogP contribution < -0.4 is 0 Å². The molecule has 15 aromatic rings. The summed E-state index contributed by atoms with van der Waals surface area (Å²) in [6.45, 7) is 0. The minimum absolute atomic E-state index is 0.617. The van der Waals surface area contributed by atoms with Crippen LogP contribution in [0.1, 0.15) is 0 Å². The van der Waals surface area contributed by atoms with E-state index in [9.17, 15) is 0 Å². The number of hydrogen-bond donors (Lipinski definition) is 0. The zero-order chi connectivity index (χ0) is 45.9. The molecule has 324 valence electrons. The maximum atomic E-state index is 5.37. The van der Waals surface area contributed by atoms with Crippen LogP contribution in [0.25, 0.3) is 143 Å². The Morgan fingerprint density at radius 1 is 0.271 bits per heavy atom. The van der Waals surface area contributed by atoms with Crippen LogP contribution in [0.15, 0.2) is 237 Å². The number of nitrogens with zero attached hydrogens (tertiary/aromatic N) is 5. The molecule has 0 fully saturated rings. The summed E-state index contributed by atoms with van der Waals surface area (Å²) in [7, 11) is 0. The van der Waals surface area contributed by atoms with Gasteiger partial charge in [0, 0.05) is 54.4 Å². The van der Waals surface area contributed by atoms with E-state index in [4.69, 9.17) is 15.0 Å². The predicted octanol–water partition coefficient (Wildman–Crippen LogP) is 16.8. The largest absolute Gasteiger partial charge is 0.309 e. The zero-order valence-corrected chi connectivity index (χ0v) is 37.8. The molecule has 5 heteroatoms. The van der Waals surface area contributed by atoms with Crippen molar-refractivity contribution >= 4 is 97.5 Å². The third-order valence-electron chi connectivity index (χ3n) is 14.5. The molecular weight excluding hydrogens is 851 g/mol. The highest BCUT2D eigenvalue weighted by atomic mass is 15.0. The van der Waals surface area contributed by atoms with Crippen molar-refractivity contribution in [1.29, 1.82) is 0 Å². The molecule has 0 amide bonds. The topological polar surface area (TPSA) is 48.5 Å². The Bertz CT molecular complexity index is 4660. The number of fused-ring (bicyclic) bond motifs is 13. The Morgan fingerprint density at radius 3 is 1.63 bits per heavy atom. The summed E-state index contributed by atoms with van der Waals surface area (Å²) in [6.07, 6.45) is 0. The van der Waals surface area contributed by atoms with E-state index in [-0.39, 0.29) is 0 Å². The Morgan fingerprint density at radius 2 is 0.829 bits per heavy atom. The minimum atomic E-state index is 0.617. The lowest BCUT2D eigenvalue weighted by Crippen LogP contribution is -2.01. The lowest BCUT2D eigenvalue weighted by atomic mass is 9.97. The van der Waals surface area contributed by atoms with Crippen LogP contribution >= 0.6 is 0 Å². The van der Waals surface area contributed by atoms with Gasteiger partial charge >= 0.3 is 0 Å². The van der Waals surface area contributed by atoms with E-state index >= 15 is 0 Å². The molecule has 70 heavy (non-hydrogen) atoms. The van der Waals surface area contributed by atoms with E-state index in [2.05, 4.69) is 228 Å². The van der Waals surface area contributed by atoms with Gasteiger partial charge in [0.25, 0.3) is 0 Å². The van der Waals surface area contributed by atoms with Crippen LogP contribution in [-0.4, -0.2) is 24.1 Å². The quantitative estimate of drug-likeness (QED) is 0.162. The van der Waals surface area contributed by atoms with Crippen molar-refractivity contribution in [2.45, 2.75) is 0 Å². The highest BCUT2D eigenvalue weighted by molar-refractivity contribution is 6.25. The van der Waals surface area contributed by atoms with Gasteiger partial charge in [-0.1, -0.05) is 200 Å². The third kappa shape index (κ3) is 5.69. The van der Waals surface area contributed by atoms with Gasteiger partial charge in [-0.2, -0.15) is 0 Å². The van der Waals surface area contributed by atoms with Crippen molar-refractivity contribution in [2.75, 3.05) is 0 Å². The van der Waals surface area contributed by atoms with E-state index in [1.54, 1.807) is 0 Å². The lowest BCUT2D eigenvalue weighted by molar-refractivity contribution is 1.08. The van der Waals surface area contributed by atoms with E-state index in [0.717, 1.165) is 55.0 Å². The number of aromatic nitrogens is 5. The van der Waals surface area contributed by atoms with Gasteiger partial charge in [-0.15, -0.1) is 0 Å². The van der Waals surface area contributed by atoms with Crippen molar-refractivity contribution in [3.63, 3.8) is 0 Å². The van der Waals surface area contributed by atoms with Gasteiger partial charge in [-0.25, -0.2) is 15.0 Å². The molecule has 0 N–H and O–H groups in total. The van der Waals surface area contributed by atoms with Crippen molar-refractivity contribution in [2.24, 2.45) is 0 Å². The Labute approximate surface area is 401 Å². The molecule has 15 rings (SSSR count). The lowest BCUT2D eigenvalue weighted by Gasteiger charge is -2.17.